The van der Waals surface area contributed by atoms with Gasteiger partial charge in [-0.25, -0.2) is 4.39 Å². The molecule has 0 spiro atoms. The van der Waals surface area contributed by atoms with Gasteiger partial charge in [0.1, 0.15) is 0 Å². The van der Waals surface area contributed by atoms with Gasteiger partial charge in [0.25, 0.3) is 5.67 Å². The molecule has 2 atom stereocenters. The molecule has 0 radical (unpaired) electrons. The Hall–Kier alpha value is -0.990. The Bertz CT molecular complexity index is 536. The third-order valence-electron chi connectivity index (χ3n) is 5.04. The van der Waals surface area contributed by atoms with E-state index in [1.54, 1.807) is 0 Å². The summed E-state index contributed by atoms with van der Waals surface area (Å²) < 4.78 is 169. The lowest BCUT2D eigenvalue weighted by Gasteiger charge is -2.35. The van der Waals surface area contributed by atoms with Crippen molar-refractivity contribution in [3.05, 3.63) is 0 Å². The molecule has 0 aliphatic heterocycles. The van der Waals surface area contributed by atoms with E-state index in [9.17, 15) is 57.1 Å². The van der Waals surface area contributed by atoms with E-state index < -0.39 is 61.5 Å². The third kappa shape index (κ3) is 10.9. The molecular weight excluding hydrogens is 491 g/mol. The molecule has 2 unspecified atom stereocenters. The molecule has 0 fully saturated rings. The second-order valence-corrected chi connectivity index (χ2v) is 8.12. The van der Waals surface area contributed by atoms with E-state index in [2.05, 4.69) is 5.32 Å². The van der Waals surface area contributed by atoms with Gasteiger partial charge in [-0.15, -0.1) is 0 Å². The van der Waals surface area contributed by atoms with Crippen LogP contribution in [0.25, 0.3) is 0 Å². The zero-order valence-corrected chi connectivity index (χ0v) is 17.9. The van der Waals surface area contributed by atoms with Crippen molar-refractivity contribution in [2.24, 2.45) is 11.8 Å². The van der Waals surface area contributed by atoms with Crippen molar-refractivity contribution in [3.8, 4) is 0 Å². The molecule has 0 bridgehead atoms. The molecule has 0 aromatic heterocycles. The van der Waals surface area contributed by atoms with Crippen molar-refractivity contribution in [2.75, 3.05) is 33.7 Å². The summed E-state index contributed by atoms with van der Waals surface area (Å²) in [4.78, 5) is 1.89. The number of hydrogen-bond acceptors (Lipinski definition) is 2. The topological polar surface area (TPSA) is 15.3 Å². The van der Waals surface area contributed by atoms with Crippen molar-refractivity contribution < 1.29 is 57.1 Å². The Morgan fingerprint density at radius 1 is 0.636 bits per heavy atom. The van der Waals surface area contributed by atoms with Crippen LogP contribution in [0.5, 0.6) is 0 Å². The van der Waals surface area contributed by atoms with Gasteiger partial charge in [0.15, 0.2) is 0 Å². The van der Waals surface area contributed by atoms with E-state index in [0.29, 0.717) is 6.54 Å². The maximum absolute atomic E-state index is 13.8. The van der Waals surface area contributed by atoms with E-state index in [1.807, 2.05) is 19.0 Å². The first-order chi connectivity index (χ1) is 14.6. The SMILES string of the molecule is CN(C)CCCNCCCCC(CC(CC(F)(C(F)(F)F)C(F)(F)F)C(F)(F)F)C(F)(F)F. The number of hydrogen-bond donors (Lipinski definition) is 1. The molecule has 0 amide bonds. The summed E-state index contributed by atoms with van der Waals surface area (Å²) in [6.45, 7) is 1.47. The van der Waals surface area contributed by atoms with Crippen LogP contribution in [-0.4, -0.2) is 69.0 Å². The molecule has 0 saturated heterocycles. The average molecular weight is 518 g/mol. The highest BCUT2D eigenvalue weighted by atomic mass is 19.4. The normalized spacial score (nSPS) is 16.4. The Balaban J connectivity index is 5.25. The summed E-state index contributed by atoms with van der Waals surface area (Å²) in [7, 11) is 3.64. The van der Waals surface area contributed by atoms with Crippen molar-refractivity contribution in [2.45, 2.75) is 68.9 Å². The highest BCUT2D eigenvalue weighted by Gasteiger charge is 2.74. The van der Waals surface area contributed by atoms with Crippen LogP contribution in [0.2, 0.25) is 0 Å². The van der Waals surface area contributed by atoms with Crippen LogP contribution in [0, 0.1) is 11.8 Å². The van der Waals surface area contributed by atoms with Gasteiger partial charge < -0.3 is 10.2 Å². The molecule has 0 aromatic rings. The maximum atomic E-state index is 13.8. The van der Waals surface area contributed by atoms with Crippen LogP contribution >= 0.6 is 0 Å². The summed E-state index contributed by atoms with van der Waals surface area (Å²) in [5.41, 5.74) is -6.30. The summed E-state index contributed by atoms with van der Waals surface area (Å²) in [5.74, 6) is -6.65. The van der Waals surface area contributed by atoms with Crippen molar-refractivity contribution in [1.29, 1.82) is 0 Å². The fraction of sp³-hybridized carbons (Fsp3) is 1.00. The third-order valence-corrected chi connectivity index (χ3v) is 5.04. The molecular formula is C18H27F13N2. The van der Waals surface area contributed by atoms with E-state index in [0.717, 1.165) is 13.0 Å². The fourth-order valence-electron chi connectivity index (χ4n) is 3.11. The molecule has 2 nitrogen and oxygen atoms in total. The van der Waals surface area contributed by atoms with Crippen molar-refractivity contribution in [1.82, 2.24) is 10.2 Å². The molecule has 0 aliphatic carbocycles. The zero-order valence-electron chi connectivity index (χ0n) is 17.9. The average Bonchev–Trinajstić information content (AvgIpc) is 2.57. The molecule has 200 valence electrons. The predicted molar refractivity (Wildman–Crippen MR) is 94.2 cm³/mol. The minimum Gasteiger partial charge on any atom is -0.317 e. The number of nitrogens with zero attached hydrogens (tertiary/aromatic N) is 1. The highest BCUT2D eigenvalue weighted by Crippen LogP contribution is 2.53. The second-order valence-electron chi connectivity index (χ2n) is 8.12. The van der Waals surface area contributed by atoms with Crippen LogP contribution in [0.3, 0.4) is 0 Å². The minimum atomic E-state index is -6.79. The number of halogens is 13. The number of rotatable bonds is 13. The van der Waals surface area contributed by atoms with E-state index in [-0.39, 0.29) is 19.4 Å². The van der Waals surface area contributed by atoms with Gasteiger partial charge in [0.2, 0.25) is 0 Å². The van der Waals surface area contributed by atoms with E-state index >= 15 is 0 Å². The van der Waals surface area contributed by atoms with Crippen LogP contribution in [0.15, 0.2) is 0 Å². The first kappa shape index (κ1) is 32.0. The molecule has 0 rings (SSSR count). The zero-order chi connectivity index (χ0) is 26.3. The van der Waals surface area contributed by atoms with Crippen molar-refractivity contribution >= 4 is 0 Å². The molecule has 1 N–H and O–H groups in total. The van der Waals surface area contributed by atoms with Gasteiger partial charge in [0, 0.05) is 6.42 Å². The molecule has 33 heavy (non-hydrogen) atoms. The highest BCUT2D eigenvalue weighted by molar-refractivity contribution is 4.97. The van der Waals surface area contributed by atoms with E-state index in [1.165, 1.54) is 0 Å². The first-order valence-electron chi connectivity index (χ1n) is 9.94. The van der Waals surface area contributed by atoms with Crippen LogP contribution in [0.1, 0.15) is 38.5 Å². The van der Waals surface area contributed by atoms with Gasteiger partial charge in [-0.05, 0) is 59.4 Å². The number of alkyl halides is 13. The van der Waals surface area contributed by atoms with Crippen molar-refractivity contribution in [3.63, 3.8) is 0 Å². The minimum absolute atomic E-state index is 0.0867. The lowest BCUT2D eigenvalue weighted by molar-refractivity contribution is -0.353. The van der Waals surface area contributed by atoms with Crippen LogP contribution in [0.4, 0.5) is 57.1 Å². The lowest BCUT2D eigenvalue weighted by Crippen LogP contribution is -2.55. The standard InChI is InChI=1S/C18H27F13N2/c1-33(2)9-5-8-32-7-4-3-6-12(15(20,21)22)10-13(16(23,24)25)11-14(19,17(26,27)28)18(29,30)31/h12-13,32H,3-11H2,1-2H3. The molecule has 0 aliphatic rings. The number of unbranched alkanes of at least 4 members (excludes halogenated alkanes) is 1. The van der Waals surface area contributed by atoms with Gasteiger partial charge in [-0.1, -0.05) is 6.42 Å². The van der Waals surface area contributed by atoms with Crippen LogP contribution in [-0.2, 0) is 0 Å². The van der Waals surface area contributed by atoms with Gasteiger partial charge in [-0.3, -0.25) is 0 Å². The Morgan fingerprint density at radius 2 is 1.09 bits per heavy atom. The Labute approximate surface area is 182 Å². The van der Waals surface area contributed by atoms with E-state index in [4.69, 9.17) is 0 Å². The Morgan fingerprint density at radius 3 is 1.48 bits per heavy atom. The van der Waals surface area contributed by atoms with Gasteiger partial charge in [-0.2, -0.15) is 52.7 Å². The first-order valence-corrected chi connectivity index (χ1v) is 9.94. The maximum Gasteiger partial charge on any atom is 0.431 e. The summed E-state index contributed by atoms with van der Waals surface area (Å²) in [5, 5.41) is 2.90. The molecule has 0 saturated carbocycles. The molecule has 0 aromatic carbocycles. The lowest BCUT2D eigenvalue weighted by atomic mass is 9.82. The quantitative estimate of drug-likeness (QED) is 0.217. The summed E-state index contributed by atoms with van der Waals surface area (Å²) >= 11 is 0. The molecule has 0 heterocycles. The summed E-state index contributed by atoms with van der Waals surface area (Å²) in [6, 6.07) is 0. The number of nitrogens with one attached hydrogen (secondary N) is 1. The monoisotopic (exact) mass is 518 g/mol. The second kappa shape index (κ2) is 12.1. The predicted octanol–water partition coefficient (Wildman–Crippen LogP) is 6.67. The fourth-order valence-corrected chi connectivity index (χ4v) is 3.11. The molecule has 15 heteroatoms. The van der Waals surface area contributed by atoms with Gasteiger partial charge >= 0.3 is 24.7 Å². The van der Waals surface area contributed by atoms with Gasteiger partial charge in [0.05, 0.1) is 11.8 Å². The Kier molecular flexibility index (Phi) is 11.8. The van der Waals surface area contributed by atoms with Crippen LogP contribution < -0.4 is 5.32 Å². The summed E-state index contributed by atoms with van der Waals surface area (Å²) in [6.07, 6.45) is -30.6. The largest absolute Gasteiger partial charge is 0.431 e. The smallest absolute Gasteiger partial charge is 0.317 e.